The Hall–Kier alpha value is -2.54. The molecule has 1 aromatic carbocycles. The van der Waals surface area contributed by atoms with Crippen molar-refractivity contribution in [1.29, 1.82) is 0 Å². The van der Waals surface area contributed by atoms with E-state index in [1.807, 2.05) is 12.1 Å². The summed E-state index contributed by atoms with van der Waals surface area (Å²) in [5.41, 5.74) is 2.41. The highest BCUT2D eigenvalue weighted by atomic mass is 32.1. The standard InChI is InChI=1S/C20H21NO5S/c1-2-24-20(23)18-13-5-3-4-6-16(13)27-19(18)21-17(22)10-12-7-8-14-15(9-12)26-11-25-14/h7-9H,2-6,10-11H2,1H3,(H,21,22). The first-order valence-electron chi connectivity index (χ1n) is 9.15. The zero-order valence-corrected chi connectivity index (χ0v) is 15.9. The Morgan fingerprint density at radius 3 is 2.85 bits per heavy atom. The second-order valence-corrected chi connectivity index (χ2v) is 7.65. The number of hydrogen-bond donors (Lipinski definition) is 1. The SMILES string of the molecule is CCOC(=O)c1c(NC(=O)Cc2ccc3c(c2)OCO3)sc2c1CCCC2. The van der Waals surface area contributed by atoms with Gasteiger partial charge in [0.15, 0.2) is 11.5 Å². The molecule has 0 atom stereocenters. The summed E-state index contributed by atoms with van der Waals surface area (Å²) in [6.45, 7) is 2.30. The van der Waals surface area contributed by atoms with Crippen molar-refractivity contribution >= 4 is 28.2 Å². The lowest BCUT2D eigenvalue weighted by atomic mass is 9.95. The molecule has 0 unspecified atom stereocenters. The number of rotatable bonds is 5. The Bertz CT molecular complexity index is 889. The number of thiophene rings is 1. The van der Waals surface area contributed by atoms with Gasteiger partial charge in [-0.3, -0.25) is 4.79 Å². The van der Waals surface area contributed by atoms with E-state index in [9.17, 15) is 9.59 Å². The van der Waals surface area contributed by atoms with Gasteiger partial charge in [-0.05, 0) is 55.9 Å². The molecular formula is C20H21NO5S. The molecular weight excluding hydrogens is 366 g/mol. The average molecular weight is 387 g/mol. The van der Waals surface area contributed by atoms with Gasteiger partial charge in [0.1, 0.15) is 5.00 Å². The highest BCUT2D eigenvalue weighted by Crippen LogP contribution is 2.39. The van der Waals surface area contributed by atoms with Gasteiger partial charge in [0.25, 0.3) is 0 Å². The monoisotopic (exact) mass is 387 g/mol. The average Bonchev–Trinajstić information content (AvgIpc) is 3.25. The second-order valence-electron chi connectivity index (χ2n) is 6.55. The number of amides is 1. The Kier molecular flexibility index (Phi) is 5.03. The van der Waals surface area contributed by atoms with Gasteiger partial charge in [0, 0.05) is 4.88 Å². The molecule has 1 amide bonds. The maximum Gasteiger partial charge on any atom is 0.341 e. The van der Waals surface area contributed by atoms with Crippen molar-refractivity contribution in [3.63, 3.8) is 0 Å². The molecule has 2 aliphatic rings. The van der Waals surface area contributed by atoms with Crippen molar-refractivity contribution in [3.05, 3.63) is 39.8 Å². The van der Waals surface area contributed by atoms with E-state index in [0.29, 0.717) is 28.7 Å². The second kappa shape index (κ2) is 7.60. The summed E-state index contributed by atoms with van der Waals surface area (Å²) in [5, 5.41) is 3.53. The van der Waals surface area contributed by atoms with E-state index in [4.69, 9.17) is 14.2 Å². The van der Waals surface area contributed by atoms with E-state index < -0.39 is 0 Å². The fourth-order valence-corrected chi connectivity index (χ4v) is 4.77. The molecule has 27 heavy (non-hydrogen) atoms. The third-order valence-electron chi connectivity index (χ3n) is 4.71. The molecule has 0 fully saturated rings. The zero-order chi connectivity index (χ0) is 18.8. The summed E-state index contributed by atoms with van der Waals surface area (Å²) in [6, 6.07) is 5.46. The Balaban J connectivity index is 1.53. The van der Waals surface area contributed by atoms with Crippen LogP contribution in [-0.2, 0) is 28.8 Å². The first kappa shape index (κ1) is 17.9. The van der Waals surface area contributed by atoms with Crippen LogP contribution in [-0.4, -0.2) is 25.3 Å². The number of hydrogen-bond acceptors (Lipinski definition) is 6. The van der Waals surface area contributed by atoms with Crippen LogP contribution in [0.5, 0.6) is 11.5 Å². The molecule has 0 saturated carbocycles. The van der Waals surface area contributed by atoms with E-state index in [0.717, 1.165) is 36.8 Å². The third kappa shape index (κ3) is 3.64. The Morgan fingerprint density at radius 2 is 2.00 bits per heavy atom. The van der Waals surface area contributed by atoms with Gasteiger partial charge in [-0.15, -0.1) is 11.3 Å². The normalized spacial score (nSPS) is 14.6. The van der Waals surface area contributed by atoms with Crippen molar-refractivity contribution in [2.75, 3.05) is 18.7 Å². The van der Waals surface area contributed by atoms with Crippen LogP contribution in [0.1, 0.15) is 46.1 Å². The van der Waals surface area contributed by atoms with Crippen LogP contribution >= 0.6 is 11.3 Å². The minimum atomic E-state index is -0.352. The molecule has 1 aromatic heterocycles. The number of anilines is 1. The van der Waals surface area contributed by atoms with Gasteiger partial charge >= 0.3 is 5.97 Å². The van der Waals surface area contributed by atoms with Crippen molar-refractivity contribution in [1.82, 2.24) is 0 Å². The summed E-state index contributed by atoms with van der Waals surface area (Å²) in [4.78, 5) is 26.3. The van der Waals surface area contributed by atoms with E-state index in [-0.39, 0.29) is 25.1 Å². The number of benzene rings is 1. The number of aryl methyl sites for hydroxylation is 1. The van der Waals surface area contributed by atoms with E-state index in [1.54, 1.807) is 13.0 Å². The van der Waals surface area contributed by atoms with E-state index >= 15 is 0 Å². The summed E-state index contributed by atoms with van der Waals surface area (Å²) >= 11 is 1.50. The molecule has 0 bridgehead atoms. The smallest absolute Gasteiger partial charge is 0.341 e. The highest BCUT2D eigenvalue weighted by Gasteiger charge is 2.27. The van der Waals surface area contributed by atoms with Gasteiger partial charge in [0.05, 0.1) is 18.6 Å². The molecule has 0 saturated heterocycles. The molecule has 1 aliphatic carbocycles. The lowest BCUT2D eigenvalue weighted by Crippen LogP contribution is -2.17. The van der Waals surface area contributed by atoms with Gasteiger partial charge in [-0.2, -0.15) is 0 Å². The number of nitrogens with one attached hydrogen (secondary N) is 1. The summed E-state index contributed by atoms with van der Waals surface area (Å²) in [5.74, 6) is 0.821. The maximum absolute atomic E-state index is 12.6. The van der Waals surface area contributed by atoms with Crippen molar-refractivity contribution in [3.8, 4) is 11.5 Å². The van der Waals surface area contributed by atoms with Gasteiger partial charge in [-0.25, -0.2) is 4.79 Å². The molecule has 7 heteroatoms. The van der Waals surface area contributed by atoms with Crippen molar-refractivity contribution in [2.45, 2.75) is 39.0 Å². The van der Waals surface area contributed by atoms with Crippen molar-refractivity contribution < 1.29 is 23.8 Å². The largest absolute Gasteiger partial charge is 0.462 e. The van der Waals surface area contributed by atoms with Crippen LogP contribution < -0.4 is 14.8 Å². The van der Waals surface area contributed by atoms with Crippen LogP contribution in [0.15, 0.2) is 18.2 Å². The number of esters is 1. The predicted molar refractivity (Wildman–Crippen MR) is 102 cm³/mol. The zero-order valence-electron chi connectivity index (χ0n) is 15.1. The minimum absolute atomic E-state index is 0.169. The summed E-state index contributed by atoms with van der Waals surface area (Å²) in [7, 11) is 0. The molecule has 4 rings (SSSR count). The molecule has 2 heterocycles. The third-order valence-corrected chi connectivity index (χ3v) is 5.91. The van der Waals surface area contributed by atoms with Crippen LogP contribution in [0.25, 0.3) is 0 Å². The van der Waals surface area contributed by atoms with Crippen LogP contribution in [0.2, 0.25) is 0 Å². The van der Waals surface area contributed by atoms with E-state index in [2.05, 4.69) is 5.32 Å². The van der Waals surface area contributed by atoms with Gasteiger partial charge in [-0.1, -0.05) is 6.07 Å². The Labute approximate surface area is 161 Å². The first-order valence-corrected chi connectivity index (χ1v) is 9.97. The number of carbonyl (C=O) groups excluding carboxylic acids is 2. The quantitative estimate of drug-likeness (QED) is 0.792. The summed E-state index contributed by atoms with van der Waals surface area (Å²) in [6.07, 6.45) is 4.17. The molecule has 1 aliphatic heterocycles. The van der Waals surface area contributed by atoms with Gasteiger partial charge in [0.2, 0.25) is 12.7 Å². The Morgan fingerprint density at radius 1 is 1.19 bits per heavy atom. The first-order chi connectivity index (χ1) is 13.2. The highest BCUT2D eigenvalue weighted by molar-refractivity contribution is 7.17. The van der Waals surface area contributed by atoms with Crippen LogP contribution in [0.4, 0.5) is 5.00 Å². The molecule has 1 N–H and O–H groups in total. The van der Waals surface area contributed by atoms with Crippen LogP contribution in [0, 0.1) is 0 Å². The van der Waals surface area contributed by atoms with Crippen LogP contribution in [0.3, 0.4) is 0 Å². The predicted octanol–water partition coefficient (Wildman–Crippen LogP) is 3.71. The number of carbonyl (C=O) groups is 2. The van der Waals surface area contributed by atoms with Crippen molar-refractivity contribution in [2.24, 2.45) is 0 Å². The fraction of sp³-hybridized carbons (Fsp3) is 0.400. The van der Waals surface area contributed by atoms with Gasteiger partial charge < -0.3 is 19.5 Å². The topological polar surface area (TPSA) is 73.9 Å². The lowest BCUT2D eigenvalue weighted by Gasteiger charge is -2.12. The van der Waals surface area contributed by atoms with E-state index in [1.165, 1.54) is 16.2 Å². The lowest BCUT2D eigenvalue weighted by molar-refractivity contribution is -0.115. The molecule has 142 valence electrons. The number of fused-ring (bicyclic) bond motifs is 2. The maximum atomic E-state index is 12.6. The summed E-state index contributed by atoms with van der Waals surface area (Å²) < 4.78 is 15.9. The minimum Gasteiger partial charge on any atom is -0.462 e. The number of ether oxygens (including phenoxy) is 3. The molecule has 0 spiro atoms. The molecule has 2 aromatic rings. The molecule has 0 radical (unpaired) electrons. The molecule has 6 nitrogen and oxygen atoms in total. The fourth-order valence-electron chi connectivity index (χ4n) is 3.48.